The van der Waals surface area contributed by atoms with Gasteiger partial charge in [0.15, 0.2) is 0 Å². The van der Waals surface area contributed by atoms with E-state index in [-0.39, 0.29) is 17.6 Å². The lowest BCUT2D eigenvalue weighted by atomic mass is 10.0. The summed E-state index contributed by atoms with van der Waals surface area (Å²) in [6, 6.07) is 6.29. The predicted molar refractivity (Wildman–Crippen MR) is 107 cm³/mol. The van der Waals surface area contributed by atoms with Gasteiger partial charge in [0.05, 0.1) is 11.0 Å². The molecule has 1 saturated carbocycles. The van der Waals surface area contributed by atoms with E-state index in [1.54, 1.807) is 0 Å². The van der Waals surface area contributed by atoms with Crippen LogP contribution in [0.1, 0.15) is 68.3 Å². The van der Waals surface area contributed by atoms with E-state index in [2.05, 4.69) is 22.1 Å². The number of likely N-dealkylation sites (N-methyl/N-ethyl adjacent to an activating group) is 1. The first-order valence-electron chi connectivity index (χ1n) is 10.4. The quantitative estimate of drug-likeness (QED) is 0.850. The molecule has 6 nitrogen and oxygen atoms in total. The van der Waals surface area contributed by atoms with E-state index in [4.69, 9.17) is 0 Å². The summed E-state index contributed by atoms with van der Waals surface area (Å²) in [5, 5.41) is 3.09. The summed E-state index contributed by atoms with van der Waals surface area (Å²) < 4.78 is 1.88. The Kier molecular flexibility index (Phi) is 5.34. The van der Waals surface area contributed by atoms with Gasteiger partial charge in [-0.05, 0) is 57.0 Å². The number of hydrogen-bond acceptors (Lipinski definition) is 3. The second-order valence-corrected chi connectivity index (χ2v) is 7.96. The van der Waals surface area contributed by atoms with Crippen molar-refractivity contribution >= 4 is 16.9 Å². The molecule has 4 rings (SSSR count). The third kappa shape index (κ3) is 3.68. The maximum absolute atomic E-state index is 12.6. The van der Waals surface area contributed by atoms with E-state index in [0.717, 1.165) is 43.4 Å². The molecule has 0 bridgehead atoms. The molecular formula is C21H30N4O2. The average Bonchev–Trinajstić information content (AvgIpc) is 3.32. The fourth-order valence-corrected chi connectivity index (χ4v) is 4.82. The van der Waals surface area contributed by atoms with Gasteiger partial charge in [0.1, 0.15) is 0 Å². The van der Waals surface area contributed by atoms with Gasteiger partial charge in [-0.2, -0.15) is 0 Å². The number of aromatic amines is 1. The number of H-pyrrole nitrogens is 1. The molecule has 6 heteroatoms. The number of amides is 1. The molecule has 0 radical (unpaired) electrons. The second kappa shape index (κ2) is 7.89. The molecule has 1 aromatic heterocycles. The van der Waals surface area contributed by atoms with Gasteiger partial charge < -0.3 is 10.3 Å². The smallest absolute Gasteiger partial charge is 0.326 e. The van der Waals surface area contributed by atoms with Crippen molar-refractivity contribution < 1.29 is 4.79 Å². The number of nitrogens with zero attached hydrogens (tertiary/aromatic N) is 2. The van der Waals surface area contributed by atoms with Crippen molar-refractivity contribution in [3.8, 4) is 0 Å². The lowest BCUT2D eigenvalue weighted by molar-refractivity contribution is 0.0918. The molecule has 27 heavy (non-hydrogen) atoms. The number of aromatic nitrogens is 2. The Hall–Kier alpha value is -2.08. The van der Waals surface area contributed by atoms with E-state index in [1.165, 1.54) is 25.7 Å². The SMILES string of the molecule is CCN1CCCCC1CNC(=O)c1ccc2c(c1)[nH]c(=O)n2C1CCCC1. The Morgan fingerprint density at radius 2 is 1.96 bits per heavy atom. The van der Waals surface area contributed by atoms with Crippen molar-refractivity contribution in [2.24, 2.45) is 0 Å². The molecule has 146 valence electrons. The topological polar surface area (TPSA) is 70.1 Å². The maximum atomic E-state index is 12.6. The minimum atomic E-state index is -0.0620. The zero-order chi connectivity index (χ0) is 18.8. The van der Waals surface area contributed by atoms with Crippen LogP contribution in [0.3, 0.4) is 0 Å². The van der Waals surface area contributed by atoms with Crippen molar-refractivity contribution in [3.05, 3.63) is 34.2 Å². The van der Waals surface area contributed by atoms with Crippen LogP contribution in [-0.4, -0.2) is 46.0 Å². The van der Waals surface area contributed by atoms with E-state index >= 15 is 0 Å². The number of piperidine rings is 1. The van der Waals surface area contributed by atoms with Crippen LogP contribution >= 0.6 is 0 Å². The monoisotopic (exact) mass is 370 g/mol. The van der Waals surface area contributed by atoms with Crippen molar-refractivity contribution in [2.45, 2.75) is 64.0 Å². The summed E-state index contributed by atoms with van der Waals surface area (Å²) in [6.45, 7) is 5.02. The average molecular weight is 370 g/mol. The van der Waals surface area contributed by atoms with Crippen LogP contribution in [-0.2, 0) is 0 Å². The van der Waals surface area contributed by atoms with Crippen molar-refractivity contribution in [1.82, 2.24) is 19.8 Å². The fourth-order valence-electron chi connectivity index (χ4n) is 4.82. The molecule has 0 spiro atoms. The van der Waals surface area contributed by atoms with E-state index in [0.29, 0.717) is 18.2 Å². The number of carbonyl (C=O) groups excluding carboxylic acids is 1. The number of nitrogens with one attached hydrogen (secondary N) is 2. The summed E-state index contributed by atoms with van der Waals surface area (Å²) in [4.78, 5) is 30.4. The zero-order valence-corrected chi connectivity index (χ0v) is 16.2. The van der Waals surface area contributed by atoms with E-state index in [1.807, 2.05) is 22.8 Å². The van der Waals surface area contributed by atoms with Crippen LogP contribution in [0.15, 0.2) is 23.0 Å². The van der Waals surface area contributed by atoms with E-state index in [9.17, 15) is 9.59 Å². The molecule has 2 fully saturated rings. The second-order valence-electron chi connectivity index (χ2n) is 7.96. The first kappa shape index (κ1) is 18.3. The predicted octanol–water partition coefficient (Wildman–Crippen LogP) is 3.05. The van der Waals surface area contributed by atoms with Crippen LogP contribution in [0, 0.1) is 0 Å². The zero-order valence-electron chi connectivity index (χ0n) is 16.2. The lowest BCUT2D eigenvalue weighted by Gasteiger charge is -2.34. The van der Waals surface area contributed by atoms with Gasteiger partial charge in [0.2, 0.25) is 0 Å². The summed E-state index contributed by atoms with van der Waals surface area (Å²) >= 11 is 0. The highest BCUT2D eigenvalue weighted by Gasteiger charge is 2.23. The largest absolute Gasteiger partial charge is 0.350 e. The Bertz CT molecular complexity index is 863. The third-order valence-electron chi connectivity index (χ3n) is 6.32. The number of imidazole rings is 1. The minimum absolute atomic E-state index is 0.0600. The van der Waals surface area contributed by atoms with Crippen LogP contribution in [0.2, 0.25) is 0 Å². The van der Waals surface area contributed by atoms with Crippen LogP contribution in [0.4, 0.5) is 0 Å². The highest BCUT2D eigenvalue weighted by molar-refractivity contribution is 5.97. The molecule has 2 heterocycles. The molecule has 1 unspecified atom stereocenters. The van der Waals surface area contributed by atoms with Gasteiger partial charge in [0, 0.05) is 24.2 Å². The molecule has 2 N–H and O–H groups in total. The Labute approximate surface area is 159 Å². The van der Waals surface area contributed by atoms with Gasteiger partial charge in [0.25, 0.3) is 5.91 Å². The highest BCUT2D eigenvalue weighted by Crippen LogP contribution is 2.30. The van der Waals surface area contributed by atoms with Crippen LogP contribution in [0.25, 0.3) is 11.0 Å². The lowest BCUT2D eigenvalue weighted by Crippen LogP contribution is -2.46. The van der Waals surface area contributed by atoms with Gasteiger partial charge >= 0.3 is 5.69 Å². The minimum Gasteiger partial charge on any atom is -0.350 e. The maximum Gasteiger partial charge on any atom is 0.326 e. The number of fused-ring (bicyclic) bond motifs is 1. The molecule has 2 aliphatic rings. The number of benzene rings is 1. The molecule has 1 amide bonds. The van der Waals surface area contributed by atoms with Gasteiger partial charge in [-0.15, -0.1) is 0 Å². The normalized spacial score (nSPS) is 21.7. The molecular weight excluding hydrogens is 340 g/mol. The first-order valence-corrected chi connectivity index (χ1v) is 10.4. The van der Waals surface area contributed by atoms with Gasteiger partial charge in [-0.3, -0.25) is 14.3 Å². The molecule has 1 saturated heterocycles. The summed E-state index contributed by atoms with van der Waals surface area (Å²) in [7, 11) is 0. The van der Waals surface area contributed by atoms with Gasteiger partial charge in [-0.1, -0.05) is 26.2 Å². The summed E-state index contributed by atoms with van der Waals surface area (Å²) in [5.41, 5.74) is 2.22. The molecule has 1 aliphatic heterocycles. The number of rotatable bonds is 5. The molecule has 2 aromatic rings. The highest BCUT2D eigenvalue weighted by atomic mass is 16.2. The number of likely N-dealkylation sites (tertiary alicyclic amines) is 1. The van der Waals surface area contributed by atoms with Crippen molar-refractivity contribution in [1.29, 1.82) is 0 Å². The van der Waals surface area contributed by atoms with Crippen LogP contribution < -0.4 is 11.0 Å². The first-order chi connectivity index (χ1) is 13.2. The Morgan fingerprint density at radius 1 is 1.19 bits per heavy atom. The fraction of sp³-hybridized carbons (Fsp3) is 0.619. The number of hydrogen-bond donors (Lipinski definition) is 2. The molecule has 1 aliphatic carbocycles. The molecule has 1 aromatic carbocycles. The standard InChI is InChI=1S/C21H30N4O2/c1-2-24-12-6-5-9-17(24)14-22-20(26)15-10-11-19-18(13-15)23-21(27)25(19)16-7-3-4-8-16/h10-11,13,16-17H,2-9,12,14H2,1H3,(H,22,26)(H,23,27). The van der Waals surface area contributed by atoms with Crippen LogP contribution in [0.5, 0.6) is 0 Å². The Balaban J connectivity index is 1.48. The summed E-state index contributed by atoms with van der Waals surface area (Å²) in [6.07, 6.45) is 8.11. The third-order valence-corrected chi connectivity index (χ3v) is 6.32. The van der Waals surface area contributed by atoms with E-state index < -0.39 is 0 Å². The van der Waals surface area contributed by atoms with Crippen molar-refractivity contribution in [3.63, 3.8) is 0 Å². The Morgan fingerprint density at radius 3 is 2.74 bits per heavy atom. The number of carbonyl (C=O) groups is 1. The van der Waals surface area contributed by atoms with Gasteiger partial charge in [-0.25, -0.2) is 4.79 Å². The molecule has 1 atom stereocenters. The van der Waals surface area contributed by atoms with Crippen molar-refractivity contribution in [2.75, 3.05) is 19.6 Å². The summed E-state index contributed by atoms with van der Waals surface area (Å²) in [5.74, 6) is -0.0620.